The van der Waals surface area contributed by atoms with Gasteiger partial charge in [-0.05, 0) is 18.6 Å². The van der Waals surface area contributed by atoms with Gasteiger partial charge in [0.2, 0.25) is 0 Å². The standard InChI is InChI=1S/C14H14F3N5O2/c1-22-11(5-6-14(15,16)17)10(7-19-22)21-13(24)9-4-2-3-8(20-9)12(18)23/h2-4,7H,5-6H2,1H3,(H2,18,23)(H,21,24). The molecule has 0 unspecified atom stereocenters. The summed E-state index contributed by atoms with van der Waals surface area (Å²) >= 11 is 0. The molecule has 0 saturated carbocycles. The number of primary amides is 1. The monoisotopic (exact) mass is 341 g/mol. The first-order chi connectivity index (χ1) is 11.2. The van der Waals surface area contributed by atoms with E-state index in [1.807, 2.05) is 0 Å². The molecule has 0 aliphatic heterocycles. The number of rotatable bonds is 5. The molecule has 0 radical (unpaired) electrons. The van der Waals surface area contributed by atoms with Crippen LogP contribution in [0, 0.1) is 0 Å². The van der Waals surface area contributed by atoms with Gasteiger partial charge in [-0.3, -0.25) is 14.3 Å². The molecular formula is C14H14F3N5O2. The maximum Gasteiger partial charge on any atom is 0.389 e. The Morgan fingerprint density at radius 1 is 1.29 bits per heavy atom. The Morgan fingerprint density at radius 2 is 1.96 bits per heavy atom. The van der Waals surface area contributed by atoms with E-state index < -0.39 is 24.4 Å². The Kier molecular flexibility index (Phi) is 4.86. The summed E-state index contributed by atoms with van der Waals surface area (Å²) in [5, 5.41) is 6.30. The van der Waals surface area contributed by atoms with Crippen LogP contribution in [0.2, 0.25) is 0 Å². The van der Waals surface area contributed by atoms with Crippen molar-refractivity contribution in [2.75, 3.05) is 5.32 Å². The number of hydrogen-bond donors (Lipinski definition) is 2. The second-order valence-corrected chi connectivity index (χ2v) is 4.97. The van der Waals surface area contributed by atoms with Gasteiger partial charge < -0.3 is 11.1 Å². The maximum absolute atomic E-state index is 12.4. The van der Waals surface area contributed by atoms with Gasteiger partial charge >= 0.3 is 6.18 Å². The van der Waals surface area contributed by atoms with Crippen molar-refractivity contribution in [3.63, 3.8) is 0 Å². The quantitative estimate of drug-likeness (QED) is 0.863. The maximum atomic E-state index is 12.4. The first kappa shape index (κ1) is 17.4. The highest BCUT2D eigenvalue weighted by Crippen LogP contribution is 2.25. The molecule has 0 saturated heterocycles. The number of nitrogens with zero attached hydrogens (tertiary/aromatic N) is 3. The number of aryl methyl sites for hydroxylation is 1. The number of carbonyl (C=O) groups excluding carboxylic acids is 2. The lowest BCUT2D eigenvalue weighted by atomic mass is 10.2. The van der Waals surface area contributed by atoms with Crippen LogP contribution in [-0.4, -0.2) is 32.8 Å². The van der Waals surface area contributed by atoms with Crippen LogP contribution >= 0.6 is 0 Å². The number of amides is 2. The third-order valence-corrected chi connectivity index (χ3v) is 3.19. The van der Waals surface area contributed by atoms with E-state index >= 15 is 0 Å². The molecule has 0 aliphatic rings. The van der Waals surface area contributed by atoms with Gasteiger partial charge in [-0.15, -0.1) is 0 Å². The lowest BCUT2D eigenvalue weighted by Crippen LogP contribution is -2.19. The number of anilines is 1. The molecule has 7 nitrogen and oxygen atoms in total. The number of nitrogens with one attached hydrogen (secondary N) is 1. The highest BCUT2D eigenvalue weighted by Gasteiger charge is 2.28. The van der Waals surface area contributed by atoms with Crippen LogP contribution in [0.1, 0.15) is 33.1 Å². The number of nitrogens with two attached hydrogens (primary N) is 1. The summed E-state index contributed by atoms with van der Waals surface area (Å²) in [6, 6.07) is 4.13. The van der Waals surface area contributed by atoms with Crippen LogP contribution in [0.3, 0.4) is 0 Å². The fraction of sp³-hybridized carbons (Fsp3) is 0.286. The molecule has 2 rings (SSSR count). The highest BCUT2D eigenvalue weighted by molar-refractivity contribution is 6.04. The Balaban J connectivity index is 2.18. The number of hydrogen-bond acceptors (Lipinski definition) is 4. The van der Waals surface area contributed by atoms with Gasteiger partial charge in [0, 0.05) is 13.5 Å². The van der Waals surface area contributed by atoms with Crippen molar-refractivity contribution in [3.8, 4) is 0 Å². The van der Waals surface area contributed by atoms with Gasteiger partial charge in [-0.25, -0.2) is 4.98 Å². The smallest absolute Gasteiger partial charge is 0.364 e. The summed E-state index contributed by atoms with van der Waals surface area (Å²) in [5.41, 5.74) is 5.29. The van der Waals surface area contributed by atoms with Crippen LogP contribution in [0.25, 0.3) is 0 Å². The van der Waals surface area contributed by atoms with Gasteiger partial charge in [0.05, 0.1) is 17.6 Å². The Bertz CT molecular complexity index is 770. The zero-order chi connectivity index (χ0) is 17.9. The van der Waals surface area contributed by atoms with E-state index in [1.54, 1.807) is 0 Å². The normalized spacial score (nSPS) is 11.3. The summed E-state index contributed by atoms with van der Waals surface area (Å²) in [6.07, 6.45) is -4.43. The molecule has 3 N–H and O–H groups in total. The van der Waals surface area contributed by atoms with Gasteiger partial charge in [-0.1, -0.05) is 6.07 Å². The zero-order valence-electron chi connectivity index (χ0n) is 12.6. The molecule has 0 fully saturated rings. The number of carbonyl (C=O) groups is 2. The summed E-state index contributed by atoms with van der Waals surface area (Å²) in [7, 11) is 1.48. The van der Waals surface area contributed by atoms with Crippen molar-refractivity contribution in [1.82, 2.24) is 14.8 Å². The van der Waals surface area contributed by atoms with E-state index in [1.165, 1.54) is 36.1 Å². The van der Waals surface area contributed by atoms with Crippen LogP contribution in [-0.2, 0) is 13.5 Å². The molecule has 2 amide bonds. The SMILES string of the molecule is Cn1ncc(NC(=O)c2cccc(C(N)=O)n2)c1CCC(F)(F)F. The lowest BCUT2D eigenvalue weighted by Gasteiger charge is -2.09. The zero-order valence-corrected chi connectivity index (χ0v) is 12.6. The molecule has 10 heteroatoms. The van der Waals surface area contributed by atoms with Gasteiger partial charge in [-0.2, -0.15) is 18.3 Å². The van der Waals surface area contributed by atoms with E-state index in [2.05, 4.69) is 15.4 Å². The average molecular weight is 341 g/mol. The Hall–Kier alpha value is -2.91. The second kappa shape index (κ2) is 6.69. The van der Waals surface area contributed by atoms with Crippen LogP contribution in [0.5, 0.6) is 0 Å². The van der Waals surface area contributed by atoms with Crippen LogP contribution in [0.15, 0.2) is 24.4 Å². The third-order valence-electron chi connectivity index (χ3n) is 3.19. The van der Waals surface area contributed by atoms with E-state index in [4.69, 9.17) is 5.73 Å². The largest absolute Gasteiger partial charge is 0.389 e. The lowest BCUT2D eigenvalue weighted by molar-refractivity contribution is -0.134. The molecule has 24 heavy (non-hydrogen) atoms. The first-order valence-electron chi connectivity index (χ1n) is 6.83. The van der Waals surface area contributed by atoms with Crippen molar-refractivity contribution in [2.24, 2.45) is 12.8 Å². The minimum absolute atomic E-state index is 0.0862. The predicted molar refractivity (Wildman–Crippen MR) is 78.3 cm³/mol. The van der Waals surface area contributed by atoms with E-state index in [0.29, 0.717) is 0 Å². The van der Waals surface area contributed by atoms with Crippen molar-refractivity contribution in [3.05, 3.63) is 41.5 Å². The average Bonchev–Trinajstić information content (AvgIpc) is 2.84. The molecule has 0 bridgehead atoms. The Morgan fingerprint density at radius 3 is 2.58 bits per heavy atom. The summed E-state index contributed by atoms with van der Waals surface area (Å²) in [6.45, 7) is 0. The van der Waals surface area contributed by atoms with Gasteiger partial charge in [0.15, 0.2) is 0 Å². The van der Waals surface area contributed by atoms with Crippen LogP contribution in [0.4, 0.5) is 18.9 Å². The van der Waals surface area contributed by atoms with Crippen molar-refractivity contribution in [1.29, 1.82) is 0 Å². The molecule has 128 valence electrons. The minimum Gasteiger partial charge on any atom is -0.364 e. The Labute approximate surface area is 134 Å². The van der Waals surface area contributed by atoms with Crippen LogP contribution < -0.4 is 11.1 Å². The first-order valence-corrected chi connectivity index (χ1v) is 6.83. The number of pyridine rings is 1. The topological polar surface area (TPSA) is 103 Å². The fourth-order valence-electron chi connectivity index (χ4n) is 2.01. The van der Waals surface area contributed by atoms with Crippen molar-refractivity contribution in [2.45, 2.75) is 19.0 Å². The molecule has 2 aromatic rings. The third kappa shape index (κ3) is 4.31. The van der Waals surface area contributed by atoms with Crippen molar-refractivity contribution < 1.29 is 22.8 Å². The van der Waals surface area contributed by atoms with E-state index in [9.17, 15) is 22.8 Å². The molecule has 0 atom stereocenters. The summed E-state index contributed by atoms with van der Waals surface area (Å²) in [5.74, 6) is -1.48. The molecule has 2 aromatic heterocycles. The summed E-state index contributed by atoms with van der Waals surface area (Å²) in [4.78, 5) is 27.0. The fourth-order valence-corrected chi connectivity index (χ4v) is 2.01. The predicted octanol–water partition coefficient (Wildman–Crippen LogP) is 1.66. The highest BCUT2D eigenvalue weighted by atomic mass is 19.4. The molecule has 0 aliphatic carbocycles. The van der Waals surface area contributed by atoms with E-state index in [-0.39, 0.29) is 29.2 Å². The molecular weight excluding hydrogens is 327 g/mol. The van der Waals surface area contributed by atoms with Gasteiger partial charge in [0.25, 0.3) is 11.8 Å². The second-order valence-electron chi connectivity index (χ2n) is 4.97. The summed E-state index contributed by atoms with van der Waals surface area (Å²) < 4.78 is 38.4. The van der Waals surface area contributed by atoms with E-state index in [0.717, 1.165) is 0 Å². The van der Waals surface area contributed by atoms with Gasteiger partial charge in [0.1, 0.15) is 11.4 Å². The molecule has 0 aromatic carbocycles. The number of alkyl halides is 3. The molecule has 2 heterocycles. The number of aromatic nitrogens is 3. The van der Waals surface area contributed by atoms with Crippen molar-refractivity contribution >= 4 is 17.5 Å². The minimum atomic E-state index is -4.32. The number of halogens is 3. The molecule has 0 spiro atoms.